The lowest BCUT2D eigenvalue weighted by Gasteiger charge is -2.17. The Kier molecular flexibility index (Phi) is 6.35. The fourth-order valence-corrected chi connectivity index (χ4v) is 1.72. The number of anilines is 1. The molecule has 6 heteroatoms. The third-order valence-electron chi connectivity index (χ3n) is 2.47. The summed E-state index contributed by atoms with van der Waals surface area (Å²) in [5.74, 6) is 0. The van der Waals surface area contributed by atoms with Gasteiger partial charge in [0.05, 0.1) is 6.54 Å². The Balaban J connectivity index is 2.52. The lowest BCUT2D eigenvalue weighted by atomic mass is 10.2. The first-order valence-electron chi connectivity index (χ1n) is 5.44. The van der Waals surface area contributed by atoms with Crippen LogP contribution in [-0.2, 0) is 9.47 Å². The van der Waals surface area contributed by atoms with Crippen LogP contribution in [0.2, 0.25) is 5.02 Å². The van der Waals surface area contributed by atoms with Gasteiger partial charge in [0.2, 0.25) is 0 Å². The second-order valence-electron chi connectivity index (χ2n) is 3.65. The largest absolute Gasteiger partial charge is 0.357 e. The van der Waals surface area contributed by atoms with Crippen molar-refractivity contribution in [2.75, 3.05) is 26.1 Å². The van der Waals surface area contributed by atoms with Gasteiger partial charge in [0.1, 0.15) is 0 Å². The minimum absolute atomic E-state index is 0.329. The Labute approximate surface area is 118 Å². The Morgan fingerprint density at radius 2 is 2.06 bits per heavy atom. The topological polar surface area (TPSA) is 42.5 Å². The van der Waals surface area contributed by atoms with Gasteiger partial charge in [-0.2, -0.15) is 0 Å². The van der Waals surface area contributed by atoms with Crippen LogP contribution >= 0.6 is 23.8 Å². The van der Waals surface area contributed by atoms with E-state index in [2.05, 4.69) is 10.6 Å². The molecule has 0 amide bonds. The van der Waals surface area contributed by atoms with Crippen LogP contribution in [0.4, 0.5) is 5.69 Å². The van der Waals surface area contributed by atoms with E-state index in [1.807, 2.05) is 25.1 Å². The second-order valence-corrected chi connectivity index (χ2v) is 4.46. The summed E-state index contributed by atoms with van der Waals surface area (Å²) in [5, 5.41) is 7.29. The monoisotopic (exact) mass is 288 g/mol. The minimum Gasteiger partial charge on any atom is -0.357 e. The van der Waals surface area contributed by atoms with Crippen LogP contribution in [0.1, 0.15) is 5.56 Å². The van der Waals surface area contributed by atoms with E-state index >= 15 is 0 Å². The van der Waals surface area contributed by atoms with Crippen LogP contribution in [-0.4, -0.2) is 32.2 Å². The molecule has 1 rings (SSSR count). The molecule has 0 radical (unpaired) electrons. The smallest absolute Gasteiger partial charge is 0.174 e. The third kappa shape index (κ3) is 4.42. The van der Waals surface area contributed by atoms with Gasteiger partial charge in [0, 0.05) is 24.9 Å². The first-order valence-corrected chi connectivity index (χ1v) is 6.22. The van der Waals surface area contributed by atoms with Gasteiger partial charge in [-0.3, -0.25) is 0 Å². The standard InChI is InChI=1S/C12H17ClN2O2S/c1-8-9(13)5-4-6-10(8)15-12(18)14-7-11(16-2)17-3/h4-6,11H,7H2,1-3H3,(H2,14,15,18). The van der Waals surface area contributed by atoms with E-state index in [9.17, 15) is 0 Å². The number of hydrogen-bond donors (Lipinski definition) is 2. The number of methoxy groups -OCH3 is 2. The van der Waals surface area contributed by atoms with Crippen molar-refractivity contribution in [1.29, 1.82) is 0 Å². The molecule has 0 fully saturated rings. The molecule has 0 saturated heterocycles. The highest BCUT2D eigenvalue weighted by Crippen LogP contribution is 2.22. The fraction of sp³-hybridized carbons (Fsp3) is 0.417. The molecule has 0 aromatic heterocycles. The summed E-state index contributed by atoms with van der Waals surface area (Å²) >= 11 is 11.2. The minimum atomic E-state index is -0.329. The Morgan fingerprint density at radius 3 is 2.67 bits per heavy atom. The molecule has 0 saturated carbocycles. The molecule has 18 heavy (non-hydrogen) atoms. The maximum absolute atomic E-state index is 6.03. The van der Waals surface area contributed by atoms with Crippen LogP contribution in [0.5, 0.6) is 0 Å². The Hall–Kier alpha value is -0.880. The van der Waals surface area contributed by atoms with E-state index in [0.29, 0.717) is 16.7 Å². The highest BCUT2D eigenvalue weighted by atomic mass is 35.5. The van der Waals surface area contributed by atoms with Crippen molar-refractivity contribution in [3.05, 3.63) is 28.8 Å². The summed E-state index contributed by atoms with van der Waals surface area (Å²) in [6, 6.07) is 5.62. The first kappa shape index (κ1) is 15.2. The number of nitrogens with one attached hydrogen (secondary N) is 2. The van der Waals surface area contributed by atoms with E-state index in [4.69, 9.17) is 33.3 Å². The van der Waals surface area contributed by atoms with Crippen LogP contribution in [0, 0.1) is 6.92 Å². The maximum Gasteiger partial charge on any atom is 0.174 e. The summed E-state index contributed by atoms with van der Waals surface area (Å²) in [4.78, 5) is 0. The van der Waals surface area contributed by atoms with E-state index < -0.39 is 0 Å². The lowest BCUT2D eigenvalue weighted by Crippen LogP contribution is -2.36. The van der Waals surface area contributed by atoms with Crippen molar-refractivity contribution in [2.45, 2.75) is 13.2 Å². The molecule has 0 aliphatic heterocycles. The number of hydrogen-bond acceptors (Lipinski definition) is 3. The zero-order valence-electron chi connectivity index (χ0n) is 10.6. The van der Waals surface area contributed by atoms with Crippen molar-refractivity contribution in [3.8, 4) is 0 Å². The number of benzene rings is 1. The number of ether oxygens (including phenoxy) is 2. The second kappa shape index (κ2) is 7.53. The van der Waals surface area contributed by atoms with E-state index in [0.717, 1.165) is 11.3 Å². The van der Waals surface area contributed by atoms with Gasteiger partial charge < -0.3 is 20.1 Å². The van der Waals surface area contributed by atoms with Crippen LogP contribution in [0.3, 0.4) is 0 Å². The summed E-state index contributed by atoms with van der Waals surface area (Å²) in [6.07, 6.45) is -0.329. The van der Waals surface area contributed by atoms with Crippen LogP contribution in [0.15, 0.2) is 18.2 Å². The number of rotatable bonds is 5. The molecule has 4 nitrogen and oxygen atoms in total. The maximum atomic E-state index is 6.03. The molecule has 0 unspecified atom stereocenters. The average molecular weight is 289 g/mol. The summed E-state index contributed by atoms with van der Waals surface area (Å²) in [7, 11) is 3.15. The van der Waals surface area contributed by atoms with Crippen molar-refractivity contribution in [2.24, 2.45) is 0 Å². The predicted molar refractivity (Wildman–Crippen MR) is 78.2 cm³/mol. The van der Waals surface area contributed by atoms with Gasteiger partial charge in [0.25, 0.3) is 0 Å². The van der Waals surface area contributed by atoms with Crippen LogP contribution < -0.4 is 10.6 Å². The zero-order valence-corrected chi connectivity index (χ0v) is 12.2. The SMILES string of the molecule is COC(CNC(=S)Nc1cccc(Cl)c1C)OC. The number of thiocarbonyl (C=S) groups is 1. The Bertz CT molecular complexity index is 411. The van der Waals surface area contributed by atoms with Gasteiger partial charge in [-0.1, -0.05) is 17.7 Å². The van der Waals surface area contributed by atoms with Gasteiger partial charge in [-0.25, -0.2) is 0 Å². The van der Waals surface area contributed by atoms with Crippen molar-refractivity contribution < 1.29 is 9.47 Å². The third-order valence-corrected chi connectivity index (χ3v) is 3.13. The molecule has 2 N–H and O–H groups in total. The van der Waals surface area contributed by atoms with Crippen LogP contribution in [0.25, 0.3) is 0 Å². The van der Waals surface area contributed by atoms with Gasteiger partial charge >= 0.3 is 0 Å². The lowest BCUT2D eigenvalue weighted by molar-refractivity contribution is -0.0964. The molecule has 0 aliphatic carbocycles. The highest BCUT2D eigenvalue weighted by Gasteiger charge is 2.07. The molecule has 1 aromatic rings. The molecule has 1 aromatic carbocycles. The quantitative estimate of drug-likeness (QED) is 0.644. The average Bonchev–Trinajstić information content (AvgIpc) is 2.36. The summed E-state index contributed by atoms with van der Waals surface area (Å²) < 4.78 is 10.1. The van der Waals surface area contributed by atoms with Crippen molar-refractivity contribution in [3.63, 3.8) is 0 Å². The summed E-state index contributed by atoms with van der Waals surface area (Å²) in [6.45, 7) is 2.40. The van der Waals surface area contributed by atoms with Gasteiger partial charge in [0.15, 0.2) is 11.4 Å². The fourth-order valence-electron chi connectivity index (χ4n) is 1.35. The van der Waals surface area contributed by atoms with Crippen molar-refractivity contribution >= 4 is 34.6 Å². The molecule has 0 spiro atoms. The zero-order chi connectivity index (χ0) is 13.5. The molecule has 0 aliphatic rings. The molecule has 0 bridgehead atoms. The first-order chi connectivity index (χ1) is 8.58. The molecule has 0 atom stereocenters. The van der Waals surface area contributed by atoms with E-state index in [1.165, 1.54) is 0 Å². The molecular weight excluding hydrogens is 272 g/mol. The molecule has 0 heterocycles. The van der Waals surface area contributed by atoms with E-state index in [-0.39, 0.29) is 6.29 Å². The predicted octanol–water partition coefficient (Wildman–Crippen LogP) is 2.55. The highest BCUT2D eigenvalue weighted by molar-refractivity contribution is 7.80. The number of halogens is 1. The molecule has 100 valence electrons. The summed E-state index contributed by atoms with van der Waals surface area (Å²) in [5.41, 5.74) is 1.84. The normalized spacial score (nSPS) is 10.5. The molecular formula is C12H17ClN2O2S. The van der Waals surface area contributed by atoms with Crippen molar-refractivity contribution in [1.82, 2.24) is 5.32 Å². The van der Waals surface area contributed by atoms with E-state index in [1.54, 1.807) is 14.2 Å². The van der Waals surface area contributed by atoms with Gasteiger partial charge in [-0.05, 0) is 36.8 Å². The van der Waals surface area contributed by atoms with Gasteiger partial charge in [-0.15, -0.1) is 0 Å². The Morgan fingerprint density at radius 1 is 1.39 bits per heavy atom.